The highest BCUT2D eigenvalue weighted by atomic mass is 32.2. The van der Waals surface area contributed by atoms with E-state index in [-0.39, 0.29) is 5.56 Å². The molecule has 3 aromatic rings. The van der Waals surface area contributed by atoms with E-state index >= 15 is 0 Å². The van der Waals surface area contributed by atoms with Gasteiger partial charge in [-0.1, -0.05) is 23.9 Å². The molecule has 8 heteroatoms. The van der Waals surface area contributed by atoms with Crippen molar-refractivity contribution in [3.63, 3.8) is 0 Å². The Morgan fingerprint density at radius 2 is 2.26 bits per heavy atom. The molecule has 2 heterocycles. The van der Waals surface area contributed by atoms with Crippen LogP contribution >= 0.6 is 11.8 Å². The van der Waals surface area contributed by atoms with Gasteiger partial charge in [-0.05, 0) is 18.6 Å². The van der Waals surface area contributed by atoms with E-state index in [1.807, 2.05) is 23.6 Å². The van der Waals surface area contributed by atoms with Crippen molar-refractivity contribution in [2.45, 2.75) is 24.4 Å². The number of hydrogen-bond donors (Lipinski definition) is 1. The first-order chi connectivity index (χ1) is 11.2. The third-order valence-electron chi connectivity index (χ3n) is 3.44. The van der Waals surface area contributed by atoms with E-state index in [0.29, 0.717) is 30.1 Å². The zero-order valence-electron chi connectivity index (χ0n) is 12.9. The summed E-state index contributed by atoms with van der Waals surface area (Å²) in [7, 11) is 1.66. The lowest BCUT2D eigenvalue weighted by molar-refractivity contribution is 0.184. The molecule has 0 aliphatic rings. The van der Waals surface area contributed by atoms with Gasteiger partial charge in [0.25, 0.3) is 5.56 Å². The fourth-order valence-electron chi connectivity index (χ4n) is 2.25. The number of ether oxygens (including phenoxy) is 1. The van der Waals surface area contributed by atoms with Crippen LogP contribution in [-0.2, 0) is 17.0 Å². The number of methoxy groups -OCH3 is 1. The Kier molecular flexibility index (Phi) is 4.73. The van der Waals surface area contributed by atoms with Crippen LogP contribution < -0.4 is 5.56 Å². The number of aromatic nitrogens is 5. The van der Waals surface area contributed by atoms with Gasteiger partial charge in [-0.3, -0.25) is 4.79 Å². The summed E-state index contributed by atoms with van der Waals surface area (Å²) in [6.07, 6.45) is 1.67. The van der Waals surface area contributed by atoms with Crippen molar-refractivity contribution in [3.8, 4) is 0 Å². The highest BCUT2D eigenvalue weighted by molar-refractivity contribution is 7.98. The second kappa shape index (κ2) is 6.93. The molecule has 0 fully saturated rings. The molecule has 0 bridgehead atoms. The number of rotatable bonds is 6. The Labute approximate surface area is 137 Å². The molecule has 0 atom stereocenters. The second-order valence-corrected chi connectivity index (χ2v) is 6.01. The van der Waals surface area contributed by atoms with E-state index in [1.165, 1.54) is 11.8 Å². The summed E-state index contributed by atoms with van der Waals surface area (Å²) in [6, 6.07) is 5.60. The number of nitrogens with zero attached hydrogens (tertiary/aromatic N) is 4. The zero-order chi connectivity index (χ0) is 16.2. The predicted molar refractivity (Wildman–Crippen MR) is 88.6 cm³/mol. The maximum absolute atomic E-state index is 12.2. The first-order valence-electron chi connectivity index (χ1n) is 7.17. The van der Waals surface area contributed by atoms with Crippen molar-refractivity contribution in [2.75, 3.05) is 13.7 Å². The number of hydrogen-bond acceptors (Lipinski definition) is 6. The van der Waals surface area contributed by atoms with E-state index in [9.17, 15) is 4.79 Å². The predicted octanol–water partition coefficient (Wildman–Crippen LogP) is 1.76. The van der Waals surface area contributed by atoms with Gasteiger partial charge in [0.2, 0.25) is 0 Å². The molecule has 1 N–H and O–H groups in total. The summed E-state index contributed by atoms with van der Waals surface area (Å²) < 4.78 is 6.98. The van der Waals surface area contributed by atoms with E-state index in [1.54, 1.807) is 19.5 Å². The van der Waals surface area contributed by atoms with Crippen LogP contribution in [0.2, 0.25) is 0 Å². The Morgan fingerprint density at radius 3 is 3.09 bits per heavy atom. The SMILES string of the molecule is COCCn1cnnc1SCc1nc2c(C)cccc2c(=O)[nH]1. The highest BCUT2D eigenvalue weighted by Gasteiger charge is 2.09. The van der Waals surface area contributed by atoms with Crippen LogP contribution in [-0.4, -0.2) is 38.4 Å². The maximum Gasteiger partial charge on any atom is 0.258 e. The van der Waals surface area contributed by atoms with Gasteiger partial charge < -0.3 is 14.3 Å². The molecule has 0 unspecified atom stereocenters. The fraction of sp³-hybridized carbons (Fsp3) is 0.333. The third kappa shape index (κ3) is 3.43. The van der Waals surface area contributed by atoms with Crippen molar-refractivity contribution in [2.24, 2.45) is 0 Å². The lowest BCUT2D eigenvalue weighted by Gasteiger charge is -2.06. The summed E-state index contributed by atoms with van der Waals surface area (Å²) in [4.78, 5) is 19.6. The highest BCUT2D eigenvalue weighted by Crippen LogP contribution is 2.20. The summed E-state index contributed by atoms with van der Waals surface area (Å²) in [5.41, 5.74) is 1.62. The minimum absolute atomic E-state index is 0.116. The number of aromatic amines is 1. The number of H-pyrrole nitrogens is 1. The smallest absolute Gasteiger partial charge is 0.258 e. The quantitative estimate of drug-likeness (QED) is 0.693. The molecule has 0 aliphatic carbocycles. The van der Waals surface area contributed by atoms with Crippen LogP contribution in [0.5, 0.6) is 0 Å². The third-order valence-corrected chi connectivity index (χ3v) is 4.43. The molecule has 7 nitrogen and oxygen atoms in total. The van der Waals surface area contributed by atoms with E-state index < -0.39 is 0 Å². The van der Waals surface area contributed by atoms with Crippen molar-refractivity contribution in [1.82, 2.24) is 24.7 Å². The molecule has 2 aromatic heterocycles. The van der Waals surface area contributed by atoms with E-state index in [0.717, 1.165) is 16.2 Å². The van der Waals surface area contributed by atoms with Gasteiger partial charge in [-0.2, -0.15) is 0 Å². The van der Waals surface area contributed by atoms with Crippen molar-refractivity contribution >= 4 is 22.7 Å². The van der Waals surface area contributed by atoms with Crippen LogP contribution in [0.1, 0.15) is 11.4 Å². The number of aryl methyl sites for hydroxylation is 1. The van der Waals surface area contributed by atoms with Gasteiger partial charge in [-0.15, -0.1) is 10.2 Å². The molecular formula is C15H17N5O2S. The molecule has 0 spiro atoms. The maximum atomic E-state index is 12.2. The Morgan fingerprint density at radius 1 is 1.39 bits per heavy atom. The van der Waals surface area contributed by atoms with Gasteiger partial charge >= 0.3 is 0 Å². The normalized spacial score (nSPS) is 11.2. The largest absolute Gasteiger partial charge is 0.383 e. The second-order valence-electron chi connectivity index (χ2n) is 5.07. The van der Waals surface area contributed by atoms with Gasteiger partial charge in [0.15, 0.2) is 5.16 Å². The molecule has 0 saturated carbocycles. The lowest BCUT2D eigenvalue weighted by Crippen LogP contribution is -2.12. The molecule has 0 amide bonds. The van der Waals surface area contributed by atoms with Crippen molar-refractivity contribution < 1.29 is 4.74 Å². The van der Waals surface area contributed by atoms with E-state index in [4.69, 9.17) is 4.74 Å². The minimum Gasteiger partial charge on any atom is -0.383 e. The standard InChI is InChI=1S/C15H17N5O2S/c1-10-4-3-5-11-13(10)17-12(18-14(11)21)8-23-15-19-16-9-20(15)6-7-22-2/h3-5,9H,6-8H2,1-2H3,(H,17,18,21). The number of nitrogens with one attached hydrogen (secondary N) is 1. The van der Waals surface area contributed by atoms with Gasteiger partial charge in [0.05, 0.1) is 23.3 Å². The van der Waals surface area contributed by atoms with Crippen LogP contribution in [0.15, 0.2) is 34.5 Å². The number of thioether (sulfide) groups is 1. The monoisotopic (exact) mass is 331 g/mol. The Hall–Kier alpha value is -2.19. The molecule has 3 rings (SSSR count). The van der Waals surface area contributed by atoms with Crippen LogP contribution in [0.3, 0.4) is 0 Å². The Bertz CT molecular complexity index is 874. The molecule has 0 saturated heterocycles. The summed E-state index contributed by atoms with van der Waals surface area (Å²) >= 11 is 1.48. The number of para-hydroxylation sites is 1. The van der Waals surface area contributed by atoms with Crippen LogP contribution in [0.4, 0.5) is 0 Å². The molecule has 0 aliphatic heterocycles. The first-order valence-corrected chi connectivity index (χ1v) is 8.15. The van der Waals surface area contributed by atoms with E-state index in [2.05, 4.69) is 20.2 Å². The fourth-order valence-corrected chi connectivity index (χ4v) is 3.06. The summed E-state index contributed by atoms with van der Waals surface area (Å²) in [6.45, 7) is 3.23. The van der Waals surface area contributed by atoms with Gasteiger partial charge in [0.1, 0.15) is 12.2 Å². The number of fused-ring (bicyclic) bond motifs is 1. The zero-order valence-corrected chi connectivity index (χ0v) is 13.8. The van der Waals surface area contributed by atoms with Crippen molar-refractivity contribution in [3.05, 3.63) is 46.3 Å². The van der Waals surface area contributed by atoms with Gasteiger partial charge in [-0.25, -0.2) is 4.98 Å². The molecule has 120 valence electrons. The average molecular weight is 331 g/mol. The molecule has 0 radical (unpaired) electrons. The Balaban J connectivity index is 1.81. The lowest BCUT2D eigenvalue weighted by atomic mass is 10.1. The minimum atomic E-state index is -0.116. The molecule has 1 aromatic carbocycles. The average Bonchev–Trinajstić information content (AvgIpc) is 2.99. The topological polar surface area (TPSA) is 85.7 Å². The van der Waals surface area contributed by atoms with Crippen LogP contribution in [0.25, 0.3) is 10.9 Å². The van der Waals surface area contributed by atoms with Gasteiger partial charge in [0, 0.05) is 13.7 Å². The first kappa shape index (κ1) is 15.7. The molecular weight excluding hydrogens is 314 g/mol. The molecule has 23 heavy (non-hydrogen) atoms. The summed E-state index contributed by atoms with van der Waals surface area (Å²) in [5.74, 6) is 1.15. The van der Waals surface area contributed by atoms with Crippen LogP contribution in [0, 0.1) is 6.92 Å². The van der Waals surface area contributed by atoms with Crippen molar-refractivity contribution in [1.29, 1.82) is 0 Å². The number of benzene rings is 1. The summed E-state index contributed by atoms with van der Waals surface area (Å²) in [5, 5.41) is 9.39.